The van der Waals surface area contributed by atoms with Crippen LogP contribution in [0.2, 0.25) is 0 Å². The molecule has 2 saturated heterocycles. The molecule has 0 saturated carbocycles. The van der Waals surface area contributed by atoms with Crippen molar-refractivity contribution < 1.29 is 18.7 Å². The van der Waals surface area contributed by atoms with Gasteiger partial charge in [0.2, 0.25) is 5.91 Å². The Balaban J connectivity index is 1.31. The standard InChI is InChI=1S/C23H25FN2O3S/c24-20-8-6-19(7-9-20)22(28)26-14-15-30-23(26)10-12-25(13-11-23)21(27)17-29-16-18-4-2-1-3-5-18/h1-9H,10-17H2. The summed E-state index contributed by atoms with van der Waals surface area (Å²) in [5.74, 6) is 0.450. The summed E-state index contributed by atoms with van der Waals surface area (Å²) in [5, 5.41) is 0. The minimum absolute atomic E-state index is 0.0137. The second kappa shape index (κ2) is 9.18. The largest absolute Gasteiger partial charge is 0.367 e. The molecule has 2 fully saturated rings. The molecule has 0 aromatic heterocycles. The second-order valence-electron chi connectivity index (χ2n) is 7.62. The molecule has 5 nitrogen and oxygen atoms in total. The average molecular weight is 429 g/mol. The normalized spacial score (nSPS) is 18.0. The Bertz CT molecular complexity index is 883. The maximum atomic E-state index is 13.2. The van der Waals surface area contributed by atoms with Crippen LogP contribution in [0.4, 0.5) is 4.39 Å². The molecule has 2 aliphatic rings. The molecule has 0 N–H and O–H groups in total. The Morgan fingerprint density at radius 1 is 1.00 bits per heavy atom. The van der Waals surface area contributed by atoms with Gasteiger partial charge in [-0.05, 0) is 42.7 Å². The Hall–Kier alpha value is -2.38. The number of likely N-dealkylation sites (tertiary alicyclic amines) is 1. The van der Waals surface area contributed by atoms with Gasteiger partial charge in [0, 0.05) is 31.0 Å². The SMILES string of the molecule is O=C(COCc1ccccc1)N1CCC2(CC1)SCCN2C(=O)c1ccc(F)cc1. The number of rotatable bonds is 5. The third-order valence-corrected chi connectivity index (χ3v) is 7.30. The number of piperidine rings is 1. The quantitative estimate of drug-likeness (QED) is 0.731. The molecule has 0 aliphatic carbocycles. The van der Waals surface area contributed by atoms with E-state index in [-0.39, 0.29) is 29.1 Å². The van der Waals surface area contributed by atoms with Gasteiger partial charge in [-0.2, -0.15) is 0 Å². The molecule has 0 atom stereocenters. The minimum atomic E-state index is -0.349. The molecule has 2 heterocycles. The van der Waals surface area contributed by atoms with Crippen LogP contribution in [0.25, 0.3) is 0 Å². The van der Waals surface area contributed by atoms with E-state index in [1.807, 2.05) is 40.1 Å². The molecule has 2 aromatic rings. The number of carbonyl (C=O) groups is 2. The first kappa shape index (κ1) is 20.9. The first-order chi connectivity index (χ1) is 14.6. The third kappa shape index (κ3) is 4.52. The molecule has 2 amide bonds. The number of nitrogens with zero attached hydrogens (tertiary/aromatic N) is 2. The van der Waals surface area contributed by atoms with E-state index in [2.05, 4.69) is 0 Å². The molecule has 0 bridgehead atoms. The highest BCUT2D eigenvalue weighted by molar-refractivity contribution is 8.00. The lowest BCUT2D eigenvalue weighted by Gasteiger charge is -2.44. The molecule has 0 radical (unpaired) electrons. The summed E-state index contributed by atoms with van der Waals surface area (Å²) >= 11 is 1.79. The zero-order valence-corrected chi connectivity index (χ0v) is 17.6. The summed E-state index contributed by atoms with van der Waals surface area (Å²) < 4.78 is 18.8. The van der Waals surface area contributed by atoms with Gasteiger partial charge in [0.05, 0.1) is 11.5 Å². The highest BCUT2D eigenvalue weighted by atomic mass is 32.2. The maximum absolute atomic E-state index is 13.2. The number of hydrogen-bond donors (Lipinski definition) is 0. The fraction of sp³-hybridized carbons (Fsp3) is 0.391. The Labute approximate surface area is 180 Å². The molecule has 1 spiro atoms. The highest BCUT2D eigenvalue weighted by Crippen LogP contribution is 2.44. The van der Waals surface area contributed by atoms with Gasteiger partial charge in [0.1, 0.15) is 12.4 Å². The van der Waals surface area contributed by atoms with Gasteiger partial charge in [-0.1, -0.05) is 30.3 Å². The highest BCUT2D eigenvalue weighted by Gasteiger charge is 2.47. The van der Waals surface area contributed by atoms with Gasteiger partial charge in [-0.25, -0.2) is 4.39 Å². The molecule has 7 heteroatoms. The molecular weight excluding hydrogens is 403 g/mol. The van der Waals surface area contributed by atoms with Crippen molar-refractivity contribution in [1.29, 1.82) is 0 Å². The van der Waals surface area contributed by atoms with Crippen molar-refractivity contribution in [2.45, 2.75) is 24.3 Å². The zero-order valence-electron chi connectivity index (χ0n) is 16.8. The lowest BCUT2D eigenvalue weighted by atomic mass is 10.0. The molecule has 158 valence electrons. The molecular formula is C23H25FN2O3S. The van der Waals surface area contributed by atoms with Gasteiger partial charge < -0.3 is 14.5 Å². The van der Waals surface area contributed by atoms with E-state index in [0.29, 0.717) is 31.8 Å². The van der Waals surface area contributed by atoms with Crippen LogP contribution in [0, 0.1) is 5.82 Å². The Morgan fingerprint density at radius 2 is 1.70 bits per heavy atom. The van der Waals surface area contributed by atoms with E-state index in [1.165, 1.54) is 24.3 Å². The van der Waals surface area contributed by atoms with Crippen molar-refractivity contribution in [2.24, 2.45) is 0 Å². The number of ether oxygens (including phenoxy) is 1. The molecule has 4 rings (SSSR count). The van der Waals surface area contributed by atoms with Crippen LogP contribution in [0.3, 0.4) is 0 Å². The zero-order chi connectivity index (χ0) is 21.0. The van der Waals surface area contributed by atoms with Crippen LogP contribution in [0.15, 0.2) is 54.6 Å². The van der Waals surface area contributed by atoms with Crippen molar-refractivity contribution >= 4 is 23.6 Å². The van der Waals surface area contributed by atoms with Crippen LogP contribution < -0.4 is 0 Å². The van der Waals surface area contributed by atoms with E-state index in [1.54, 1.807) is 11.8 Å². The number of halogens is 1. The summed E-state index contributed by atoms with van der Waals surface area (Å²) in [5.41, 5.74) is 1.55. The molecule has 2 aromatic carbocycles. The number of carbonyl (C=O) groups excluding carboxylic acids is 2. The average Bonchev–Trinajstić information content (AvgIpc) is 3.18. The van der Waals surface area contributed by atoms with Crippen LogP contribution in [-0.4, -0.2) is 58.5 Å². The van der Waals surface area contributed by atoms with Crippen LogP contribution in [0.1, 0.15) is 28.8 Å². The first-order valence-corrected chi connectivity index (χ1v) is 11.2. The Morgan fingerprint density at radius 3 is 2.40 bits per heavy atom. The molecule has 0 unspecified atom stereocenters. The van der Waals surface area contributed by atoms with Crippen molar-refractivity contribution in [3.05, 3.63) is 71.5 Å². The summed E-state index contributed by atoms with van der Waals surface area (Å²) in [4.78, 5) is 29.0. The van der Waals surface area contributed by atoms with Crippen LogP contribution >= 0.6 is 11.8 Å². The lowest BCUT2D eigenvalue weighted by Crippen LogP contribution is -2.54. The van der Waals surface area contributed by atoms with E-state index >= 15 is 0 Å². The summed E-state index contributed by atoms with van der Waals surface area (Å²) in [6.45, 7) is 2.36. The van der Waals surface area contributed by atoms with Gasteiger partial charge >= 0.3 is 0 Å². The van der Waals surface area contributed by atoms with E-state index in [9.17, 15) is 14.0 Å². The number of thioether (sulfide) groups is 1. The fourth-order valence-electron chi connectivity index (χ4n) is 4.08. The van der Waals surface area contributed by atoms with Gasteiger partial charge in [-0.3, -0.25) is 9.59 Å². The predicted octanol–water partition coefficient (Wildman–Crippen LogP) is 3.55. The van der Waals surface area contributed by atoms with Gasteiger partial charge in [0.15, 0.2) is 0 Å². The second-order valence-corrected chi connectivity index (χ2v) is 9.07. The monoisotopic (exact) mass is 428 g/mol. The lowest BCUT2D eigenvalue weighted by molar-refractivity contribution is -0.138. The van der Waals surface area contributed by atoms with Crippen molar-refractivity contribution in [2.75, 3.05) is 32.0 Å². The number of benzene rings is 2. The third-order valence-electron chi connectivity index (χ3n) is 5.75. The summed E-state index contributed by atoms with van der Waals surface area (Å²) in [6.07, 6.45) is 1.46. The molecule has 2 aliphatic heterocycles. The number of amides is 2. The van der Waals surface area contributed by atoms with Crippen LogP contribution in [0.5, 0.6) is 0 Å². The van der Waals surface area contributed by atoms with Crippen molar-refractivity contribution in [3.63, 3.8) is 0 Å². The summed E-state index contributed by atoms with van der Waals surface area (Å²) in [7, 11) is 0. The van der Waals surface area contributed by atoms with Crippen molar-refractivity contribution in [1.82, 2.24) is 9.80 Å². The number of hydrogen-bond acceptors (Lipinski definition) is 4. The van der Waals surface area contributed by atoms with E-state index in [0.717, 1.165) is 24.2 Å². The van der Waals surface area contributed by atoms with Gasteiger partial charge in [-0.15, -0.1) is 11.8 Å². The minimum Gasteiger partial charge on any atom is -0.367 e. The van der Waals surface area contributed by atoms with Crippen molar-refractivity contribution in [3.8, 4) is 0 Å². The van der Waals surface area contributed by atoms with E-state index in [4.69, 9.17) is 4.74 Å². The van der Waals surface area contributed by atoms with E-state index < -0.39 is 0 Å². The fourth-order valence-corrected chi connectivity index (χ4v) is 5.54. The Kier molecular flexibility index (Phi) is 6.39. The predicted molar refractivity (Wildman–Crippen MR) is 115 cm³/mol. The van der Waals surface area contributed by atoms with Gasteiger partial charge in [0.25, 0.3) is 5.91 Å². The molecule has 30 heavy (non-hydrogen) atoms. The smallest absolute Gasteiger partial charge is 0.254 e. The first-order valence-electron chi connectivity index (χ1n) is 10.2. The maximum Gasteiger partial charge on any atom is 0.254 e. The summed E-state index contributed by atoms with van der Waals surface area (Å²) in [6, 6.07) is 15.5. The topological polar surface area (TPSA) is 49.9 Å². The van der Waals surface area contributed by atoms with Crippen LogP contribution in [-0.2, 0) is 16.1 Å².